The Morgan fingerprint density at radius 2 is 1.03 bits per heavy atom. The van der Waals surface area contributed by atoms with Crippen molar-refractivity contribution in [2.75, 3.05) is 0 Å². The van der Waals surface area contributed by atoms with Gasteiger partial charge in [-0.1, -0.05) is 54.6 Å². The van der Waals surface area contributed by atoms with E-state index in [1.54, 1.807) is 6.07 Å². The fourth-order valence-electron chi connectivity index (χ4n) is 5.90. The smallest absolute Gasteiger partial charge is 0.197 e. The molecule has 4 heteroatoms. The Balaban J connectivity index is 1.72. The maximum absolute atomic E-state index is 13.9. The maximum atomic E-state index is 13.9. The molecule has 0 amide bonds. The molecule has 168 valence electrons. The summed E-state index contributed by atoms with van der Waals surface area (Å²) in [7, 11) is 0. The molecule has 0 saturated carbocycles. The number of rotatable bonds is 1. The Bertz CT molecular complexity index is 2290. The van der Waals surface area contributed by atoms with Crippen LogP contribution in [-0.4, -0.2) is 8.97 Å². The summed E-state index contributed by atoms with van der Waals surface area (Å²) in [5.74, 6) is 0. The molecule has 0 radical (unpaired) electrons. The van der Waals surface area contributed by atoms with Crippen LogP contribution >= 0.6 is 0 Å². The maximum Gasteiger partial charge on any atom is 0.197 e. The fraction of sp³-hybridized carbons (Fsp3) is 0. The molecular formula is C32H18N2O2. The first-order valence-electron chi connectivity index (χ1n) is 12.0. The Morgan fingerprint density at radius 3 is 1.81 bits per heavy atom. The molecule has 5 aromatic carbocycles. The first-order chi connectivity index (χ1) is 17.7. The van der Waals surface area contributed by atoms with Gasteiger partial charge in [-0.2, -0.15) is 0 Å². The Labute approximate surface area is 204 Å². The molecule has 4 nitrogen and oxygen atoms in total. The number of para-hydroxylation sites is 4. The lowest BCUT2D eigenvalue weighted by atomic mass is 10.0. The number of hydrogen-bond acceptors (Lipinski definition) is 2. The number of nitrogens with zero attached hydrogens (tertiary/aromatic N) is 2. The second-order valence-corrected chi connectivity index (χ2v) is 9.29. The number of aromatic nitrogens is 2. The average Bonchev–Trinajstić information content (AvgIpc) is 3.25. The standard InChI is InChI=1S/C32H18N2O2/c35-31-21-12-5-7-16-27(21)34-29-18-28-24(17-25(29)32(36)23-14-8-13-22(31)30(23)34)20-11-4-6-15-26(20)33(28)19-9-2-1-3-10-19/h1-18H. The minimum absolute atomic E-state index is 0.0468. The van der Waals surface area contributed by atoms with Crippen LogP contribution in [0.5, 0.6) is 0 Å². The molecule has 0 fully saturated rings. The van der Waals surface area contributed by atoms with Gasteiger partial charge in [-0.25, -0.2) is 0 Å². The predicted molar refractivity (Wildman–Crippen MR) is 148 cm³/mol. The second kappa shape index (κ2) is 6.80. The van der Waals surface area contributed by atoms with Crippen molar-refractivity contribution < 1.29 is 0 Å². The normalized spacial score (nSPS) is 12.1. The highest BCUT2D eigenvalue weighted by Crippen LogP contribution is 2.35. The summed E-state index contributed by atoms with van der Waals surface area (Å²) in [5, 5.41) is 4.55. The molecule has 0 aliphatic heterocycles. The second-order valence-electron chi connectivity index (χ2n) is 9.29. The third kappa shape index (κ3) is 2.33. The molecule has 0 aliphatic rings. The van der Waals surface area contributed by atoms with Gasteiger partial charge in [0.05, 0.1) is 27.6 Å². The van der Waals surface area contributed by atoms with Crippen molar-refractivity contribution in [1.29, 1.82) is 0 Å². The van der Waals surface area contributed by atoms with Crippen molar-refractivity contribution in [3.8, 4) is 5.69 Å². The molecule has 0 N–H and O–H groups in total. The number of hydrogen-bond donors (Lipinski definition) is 0. The highest BCUT2D eigenvalue weighted by molar-refractivity contribution is 6.16. The summed E-state index contributed by atoms with van der Waals surface area (Å²) in [4.78, 5) is 27.3. The van der Waals surface area contributed by atoms with Crippen LogP contribution in [0.4, 0.5) is 0 Å². The van der Waals surface area contributed by atoms with Crippen molar-refractivity contribution in [2.24, 2.45) is 0 Å². The van der Waals surface area contributed by atoms with E-state index in [1.165, 1.54) is 0 Å². The molecule has 0 atom stereocenters. The summed E-state index contributed by atoms with van der Waals surface area (Å²) in [6, 6.07) is 35.8. The van der Waals surface area contributed by atoms with Crippen molar-refractivity contribution in [3.63, 3.8) is 0 Å². The van der Waals surface area contributed by atoms with Gasteiger partial charge in [-0.15, -0.1) is 0 Å². The van der Waals surface area contributed by atoms with Crippen LogP contribution in [0.2, 0.25) is 0 Å². The van der Waals surface area contributed by atoms with E-state index in [-0.39, 0.29) is 10.9 Å². The Kier molecular flexibility index (Phi) is 3.66. The molecular weight excluding hydrogens is 444 g/mol. The Hall–Kier alpha value is -4.96. The van der Waals surface area contributed by atoms with Crippen LogP contribution in [0.1, 0.15) is 0 Å². The zero-order valence-corrected chi connectivity index (χ0v) is 19.1. The van der Waals surface area contributed by atoms with Crippen LogP contribution in [0.3, 0.4) is 0 Å². The molecule has 3 aromatic heterocycles. The average molecular weight is 463 g/mol. The predicted octanol–water partition coefficient (Wildman–Crippen LogP) is 6.65. The van der Waals surface area contributed by atoms with Gasteiger partial charge < -0.3 is 8.97 Å². The Morgan fingerprint density at radius 1 is 0.417 bits per heavy atom. The van der Waals surface area contributed by atoms with Crippen LogP contribution < -0.4 is 10.9 Å². The van der Waals surface area contributed by atoms with E-state index in [9.17, 15) is 9.59 Å². The summed E-state index contributed by atoms with van der Waals surface area (Å²) >= 11 is 0. The monoisotopic (exact) mass is 462 g/mol. The molecule has 8 aromatic rings. The van der Waals surface area contributed by atoms with Crippen LogP contribution in [0.15, 0.2) is 119 Å². The van der Waals surface area contributed by atoms with Crippen molar-refractivity contribution in [2.45, 2.75) is 0 Å². The molecule has 36 heavy (non-hydrogen) atoms. The first-order valence-corrected chi connectivity index (χ1v) is 12.0. The van der Waals surface area contributed by atoms with Gasteiger partial charge in [0.2, 0.25) is 0 Å². The summed E-state index contributed by atoms with van der Waals surface area (Å²) in [6.45, 7) is 0. The van der Waals surface area contributed by atoms with Crippen molar-refractivity contribution in [3.05, 3.63) is 130 Å². The minimum Gasteiger partial charge on any atom is -0.309 e. The van der Waals surface area contributed by atoms with Crippen LogP contribution in [-0.2, 0) is 0 Å². The summed E-state index contributed by atoms with van der Waals surface area (Å²) in [5.41, 5.74) is 5.34. The number of benzene rings is 5. The zero-order valence-electron chi connectivity index (χ0n) is 19.1. The van der Waals surface area contributed by atoms with E-state index in [0.717, 1.165) is 38.5 Å². The molecule has 0 spiro atoms. The van der Waals surface area contributed by atoms with E-state index in [4.69, 9.17) is 0 Å². The molecule has 0 bridgehead atoms. The van der Waals surface area contributed by atoms with E-state index in [1.807, 2.05) is 72.8 Å². The van der Waals surface area contributed by atoms with Crippen LogP contribution in [0.25, 0.3) is 65.6 Å². The van der Waals surface area contributed by atoms with Gasteiger partial charge in [0.15, 0.2) is 10.9 Å². The van der Waals surface area contributed by atoms with Gasteiger partial charge in [-0.05, 0) is 54.6 Å². The molecule has 8 rings (SSSR count). The fourth-order valence-corrected chi connectivity index (χ4v) is 5.90. The number of pyridine rings is 2. The molecule has 0 saturated heterocycles. The van der Waals surface area contributed by atoms with Gasteiger partial charge in [-0.3, -0.25) is 9.59 Å². The third-order valence-electron chi connectivity index (χ3n) is 7.43. The van der Waals surface area contributed by atoms with Crippen molar-refractivity contribution in [1.82, 2.24) is 8.97 Å². The topological polar surface area (TPSA) is 43.5 Å². The lowest BCUT2D eigenvalue weighted by molar-refractivity contribution is 1.18. The third-order valence-corrected chi connectivity index (χ3v) is 7.43. The first kappa shape index (κ1) is 19.4. The molecule has 0 unspecified atom stereocenters. The summed E-state index contributed by atoms with van der Waals surface area (Å²) < 4.78 is 4.35. The van der Waals surface area contributed by atoms with E-state index in [2.05, 4.69) is 39.3 Å². The highest BCUT2D eigenvalue weighted by atomic mass is 16.1. The van der Waals surface area contributed by atoms with Gasteiger partial charge in [0, 0.05) is 38.0 Å². The van der Waals surface area contributed by atoms with Crippen molar-refractivity contribution >= 4 is 59.9 Å². The van der Waals surface area contributed by atoms with E-state index >= 15 is 0 Å². The molecule has 0 aliphatic carbocycles. The number of fused-ring (bicyclic) bond motifs is 7. The summed E-state index contributed by atoms with van der Waals surface area (Å²) in [6.07, 6.45) is 0. The molecule has 3 heterocycles. The van der Waals surface area contributed by atoms with Gasteiger partial charge in [0.1, 0.15) is 0 Å². The SMILES string of the molecule is O=c1c2ccccc2n2c3cc4c(cc3c(=O)c3cccc1c32)c1ccccc1n4-c1ccccc1. The zero-order chi connectivity index (χ0) is 24.0. The lowest BCUT2D eigenvalue weighted by Crippen LogP contribution is -2.14. The largest absolute Gasteiger partial charge is 0.309 e. The van der Waals surface area contributed by atoms with E-state index in [0.29, 0.717) is 27.1 Å². The van der Waals surface area contributed by atoms with Crippen LogP contribution in [0, 0.1) is 0 Å². The minimum atomic E-state index is -0.0521. The quantitative estimate of drug-likeness (QED) is 0.202. The lowest BCUT2D eigenvalue weighted by Gasteiger charge is -2.15. The highest BCUT2D eigenvalue weighted by Gasteiger charge is 2.19. The van der Waals surface area contributed by atoms with E-state index < -0.39 is 0 Å². The van der Waals surface area contributed by atoms with Gasteiger partial charge in [0.25, 0.3) is 0 Å². The van der Waals surface area contributed by atoms with Gasteiger partial charge >= 0.3 is 0 Å².